The lowest BCUT2D eigenvalue weighted by Crippen LogP contribution is -2.31. The first-order valence-corrected chi connectivity index (χ1v) is 8.55. The first kappa shape index (κ1) is 18.4. The van der Waals surface area contributed by atoms with E-state index in [1.165, 1.54) is 0 Å². The Hall–Kier alpha value is -2.44. The molecule has 0 amide bonds. The number of nitrogens with zero attached hydrogens (tertiary/aromatic N) is 1. The SMILES string of the molecule is COc1cc(C2NC=CN2Nc2ccc(Cl)c(Cl)c2)cc(OC)c1OC. The fourth-order valence-electron chi connectivity index (χ4n) is 2.71. The number of rotatable bonds is 6. The summed E-state index contributed by atoms with van der Waals surface area (Å²) >= 11 is 12.1. The van der Waals surface area contributed by atoms with E-state index in [1.807, 2.05) is 35.6 Å². The number of hydrogen-bond acceptors (Lipinski definition) is 6. The van der Waals surface area contributed by atoms with E-state index in [-0.39, 0.29) is 6.17 Å². The van der Waals surface area contributed by atoms with Crippen molar-refractivity contribution in [2.45, 2.75) is 6.17 Å². The summed E-state index contributed by atoms with van der Waals surface area (Å²) < 4.78 is 16.3. The molecule has 2 aromatic rings. The van der Waals surface area contributed by atoms with Gasteiger partial charge >= 0.3 is 0 Å². The monoisotopic (exact) mass is 395 g/mol. The van der Waals surface area contributed by atoms with Crippen molar-refractivity contribution in [2.75, 3.05) is 26.8 Å². The molecule has 8 heteroatoms. The molecule has 0 saturated heterocycles. The van der Waals surface area contributed by atoms with Crippen molar-refractivity contribution in [2.24, 2.45) is 0 Å². The van der Waals surface area contributed by atoms with Gasteiger partial charge in [-0.05, 0) is 30.3 Å². The van der Waals surface area contributed by atoms with Crippen LogP contribution in [0.15, 0.2) is 42.7 Å². The highest BCUT2D eigenvalue weighted by Crippen LogP contribution is 2.40. The fourth-order valence-corrected chi connectivity index (χ4v) is 3.01. The number of hydrogen-bond donors (Lipinski definition) is 2. The van der Waals surface area contributed by atoms with Crippen molar-refractivity contribution >= 4 is 28.9 Å². The molecule has 0 aromatic heterocycles. The van der Waals surface area contributed by atoms with Gasteiger partial charge in [0.15, 0.2) is 11.5 Å². The Morgan fingerprint density at radius 2 is 1.65 bits per heavy atom. The largest absolute Gasteiger partial charge is 0.493 e. The van der Waals surface area contributed by atoms with E-state index < -0.39 is 0 Å². The van der Waals surface area contributed by atoms with E-state index in [2.05, 4.69) is 10.7 Å². The van der Waals surface area contributed by atoms with Gasteiger partial charge in [0.05, 0.1) is 37.1 Å². The maximum atomic E-state index is 6.09. The van der Waals surface area contributed by atoms with Crippen LogP contribution >= 0.6 is 23.2 Å². The van der Waals surface area contributed by atoms with Crippen molar-refractivity contribution in [3.63, 3.8) is 0 Å². The maximum Gasteiger partial charge on any atom is 0.203 e. The first-order chi connectivity index (χ1) is 12.6. The third kappa shape index (κ3) is 3.57. The highest BCUT2D eigenvalue weighted by Gasteiger charge is 2.24. The molecule has 0 fully saturated rings. The van der Waals surface area contributed by atoms with Crippen LogP contribution in [0.4, 0.5) is 5.69 Å². The number of anilines is 1. The van der Waals surface area contributed by atoms with Gasteiger partial charge < -0.3 is 19.5 Å². The molecule has 1 heterocycles. The summed E-state index contributed by atoms with van der Waals surface area (Å²) in [4.78, 5) is 0. The molecule has 0 saturated carbocycles. The molecule has 1 aliphatic rings. The molecule has 2 N–H and O–H groups in total. The molecular formula is C18H19Cl2N3O3. The lowest BCUT2D eigenvalue weighted by atomic mass is 10.1. The Bertz CT molecular complexity index is 804. The van der Waals surface area contributed by atoms with Crippen molar-refractivity contribution in [3.05, 3.63) is 58.3 Å². The molecule has 3 rings (SSSR count). The van der Waals surface area contributed by atoms with Crippen molar-refractivity contribution in [1.29, 1.82) is 0 Å². The van der Waals surface area contributed by atoms with Crippen LogP contribution in [0, 0.1) is 0 Å². The molecule has 26 heavy (non-hydrogen) atoms. The Labute approximate surface area is 162 Å². The predicted molar refractivity (Wildman–Crippen MR) is 103 cm³/mol. The van der Waals surface area contributed by atoms with Gasteiger partial charge in [-0.15, -0.1) is 0 Å². The number of nitrogens with one attached hydrogen (secondary N) is 2. The van der Waals surface area contributed by atoms with Crippen molar-refractivity contribution in [3.8, 4) is 17.2 Å². The molecule has 0 aliphatic carbocycles. The van der Waals surface area contributed by atoms with Crippen LogP contribution in [-0.2, 0) is 0 Å². The molecule has 1 aliphatic heterocycles. The molecule has 0 radical (unpaired) electrons. The molecule has 0 spiro atoms. The standard InChI is InChI=1S/C18H19Cl2N3O3/c1-24-15-8-11(9-16(25-2)17(15)26-3)18-21-6-7-23(18)22-12-4-5-13(19)14(20)10-12/h4-10,18,21-22H,1-3H3. The highest BCUT2D eigenvalue weighted by molar-refractivity contribution is 6.42. The van der Waals surface area contributed by atoms with E-state index in [0.717, 1.165) is 11.3 Å². The number of halogens is 2. The van der Waals surface area contributed by atoms with Gasteiger partial charge in [-0.2, -0.15) is 0 Å². The second-order valence-corrected chi connectivity index (χ2v) is 6.31. The Morgan fingerprint density at radius 1 is 0.962 bits per heavy atom. The average molecular weight is 396 g/mol. The molecule has 1 atom stereocenters. The summed E-state index contributed by atoms with van der Waals surface area (Å²) in [6.07, 6.45) is 3.55. The third-order valence-corrected chi connectivity index (χ3v) is 4.69. The molecule has 0 bridgehead atoms. The van der Waals surface area contributed by atoms with E-state index in [4.69, 9.17) is 37.4 Å². The Kier molecular flexibility index (Phi) is 5.54. The quantitative estimate of drug-likeness (QED) is 0.754. The summed E-state index contributed by atoms with van der Waals surface area (Å²) in [6, 6.07) is 9.16. The minimum absolute atomic E-state index is 0.182. The Balaban J connectivity index is 1.89. The molecular weight excluding hydrogens is 377 g/mol. The summed E-state index contributed by atoms with van der Waals surface area (Å²) in [7, 11) is 4.76. The number of ether oxygens (including phenoxy) is 3. The summed E-state index contributed by atoms with van der Waals surface area (Å²) in [5, 5.41) is 6.18. The number of methoxy groups -OCH3 is 3. The van der Waals surface area contributed by atoms with Crippen LogP contribution in [0.5, 0.6) is 17.2 Å². The van der Waals surface area contributed by atoms with Crippen LogP contribution in [0.25, 0.3) is 0 Å². The van der Waals surface area contributed by atoms with Gasteiger partial charge in [-0.1, -0.05) is 23.2 Å². The zero-order valence-electron chi connectivity index (χ0n) is 14.5. The van der Waals surface area contributed by atoms with Crippen LogP contribution in [0.3, 0.4) is 0 Å². The molecule has 138 valence electrons. The second-order valence-electron chi connectivity index (χ2n) is 5.49. The third-order valence-electron chi connectivity index (χ3n) is 3.95. The van der Waals surface area contributed by atoms with Gasteiger partial charge in [-0.25, -0.2) is 0 Å². The summed E-state index contributed by atoms with van der Waals surface area (Å²) in [5.74, 6) is 1.73. The smallest absolute Gasteiger partial charge is 0.203 e. The van der Waals surface area contributed by atoms with E-state index >= 15 is 0 Å². The number of hydrazine groups is 1. The fraction of sp³-hybridized carbons (Fsp3) is 0.222. The van der Waals surface area contributed by atoms with E-state index in [1.54, 1.807) is 33.5 Å². The number of benzene rings is 2. The Morgan fingerprint density at radius 3 is 2.23 bits per heavy atom. The van der Waals surface area contributed by atoms with Crippen molar-refractivity contribution in [1.82, 2.24) is 10.3 Å². The van der Waals surface area contributed by atoms with Gasteiger partial charge in [0.1, 0.15) is 6.17 Å². The van der Waals surface area contributed by atoms with Gasteiger partial charge in [0, 0.05) is 18.0 Å². The van der Waals surface area contributed by atoms with Crippen LogP contribution in [-0.4, -0.2) is 26.3 Å². The van der Waals surface area contributed by atoms with Gasteiger partial charge in [0.2, 0.25) is 5.75 Å². The lowest BCUT2D eigenvalue weighted by molar-refractivity contribution is 0.312. The average Bonchev–Trinajstić information content (AvgIpc) is 3.11. The predicted octanol–water partition coefficient (Wildman–Crippen LogP) is 4.42. The minimum atomic E-state index is -0.182. The summed E-state index contributed by atoms with van der Waals surface area (Å²) in [6.45, 7) is 0. The summed E-state index contributed by atoms with van der Waals surface area (Å²) in [5.41, 5.74) is 5.03. The molecule has 2 aromatic carbocycles. The highest BCUT2D eigenvalue weighted by atomic mass is 35.5. The maximum absolute atomic E-state index is 6.09. The topological polar surface area (TPSA) is 55.0 Å². The second kappa shape index (κ2) is 7.85. The lowest BCUT2D eigenvalue weighted by Gasteiger charge is -2.28. The van der Waals surface area contributed by atoms with Gasteiger partial charge in [-0.3, -0.25) is 10.4 Å². The molecule has 1 unspecified atom stereocenters. The zero-order valence-corrected chi connectivity index (χ0v) is 16.1. The van der Waals surface area contributed by atoms with E-state index in [9.17, 15) is 0 Å². The first-order valence-electron chi connectivity index (χ1n) is 7.80. The normalized spacial score (nSPS) is 15.6. The van der Waals surface area contributed by atoms with E-state index in [0.29, 0.717) is 27.3 Å². The van der Waals surface area contributed by atoms with Crippen LogP contribution in [0.1, 0.15) is 11.7 Å². The zero-order chi connectivity index (χ0) is 18.7. The van der Waals surface area contributed by atoms with Crippen LogP contribution < -0.4 is 25.0 Å². The van der Waals surface area contributed by atoms with Gasteiger partial charge in [0.25, 0.3) is 0 Å². The minimum Gasteiger partial charge on any atom is -0.493 e. The molecule has 6 nitrogen and oxygen atoms in total. The van der Waals surface area contributed by atoms with Crippen molar-refractivity contribution < 1.29 is 14.2 Å². The van der Waals surface area contributed by atoms with Crippen LogP contribution in [0.2, 0.25) is 10.0 Å².